The van der Waals surface area contributed by atoms with Gasteiger partial charge in [0.2, 0.25) is 0 Å². The van der Waals surface area contributed by atoms with Crippen molar-refractivity contribution in [1.29, 1.82) is 0 Å². The summed E-state index contributed by atoms with van der Waals surface area (Å²) in [6, 6.07) is 24.3. The van der Waals surface area contributed by atoms with Crippen LogP contribution in [0.25, 0.3) is 0 Å². The fourth-order valence-electron chi connectivity index (χ4n) is 7.21. The lowest BCUT2D eigenvalue weighted by Crippen LogP contribution is -2.67. The van der Waals surface area contributed by atoms with Crippen LogP contribution in [0.2, 0.25) is 5.04 Å². The number of hydrogen-bond acceptors (Lipinski definition) is 7. The number of amides is 1. The van der Waals surface area contributed by atoms with Crippen molar-refractivity contribution in [3.05, 3.63) is 83.9 Å². The van der Waals surface area contributed by atoms with Crippen LogP contribution in [-0.4, -0.2) is 69.4 Å². The highest BCUT2D eigenvalue weighted by Crippen LogP contribution is 2.40. The molecule has 49 heavy (non-hydrogen) atoms. The van der Waals surface area contributed by atoms with Crippen molar-refractivity contribution >= 4 is 30.8 Å². The SMILES string of the molecule is COC(=O)c1c(OC[C@H]2C[C@H](O[Si](c3ccccc3)(c3ccccc3)C(C)(C)C)CN2C(=O)OC(C)(C)C)cc(C)cc1OC1CCCC1. The minimum absolute atomic E-state index is 0.0509. The highest BCUT2D eigenvalue weighted by atomic mass is 28.4. The molecule has 0 spiro atoms. The Hall–Kier alpha value is -3.82. The number of rotatable bonds is 10. The van der Waals surface area contributed by atoms with Crippen LogP contribution < -0.4 is 19.8 Å². The lowest BCUT2D eigenvalue weighted by atomic mass is 10.1. The summed E-state index contributed by atoms with van der Waals surface area (Å²) in [5, 5.41) is 2.12. The molecule has 9 heteroatoms. The molecule has 2 fully saturated rings. The van der Waals surface area contributed by atoms with Crippen LogP contribution in [0, 0.1) is 6.92 Å². The smallest absolute Gasteiger partial charge is 0.410 e. The van der Waals surface area contributed by atoms with Gasteiger partial charge in [0.25, 0.3) is 8.32 Å². The Morgan fingerprint density at radius 3 is 1.94 bits per heavy atom. The number of benzene rings is 3. The van der Waals surface area contributed by atoms with Gasteiger partial charge in [-0.3, -0.25) is 4.90 Å². The summed E-state index contributed by atoms with van der Waals surface area (Å²) in [5.74, 6) is 0.323. The lowest BCUT2D eigenvalue weighted by molar-refractivity contribution is 0.0173. The van der Waals surface area contributed by atoms with E-state index in [9.17, 15) is 9.59 Å². The van der Waals surface area contributed by atoms with E-state index in [0.717, 1.165) is 31.2 Å². The molecule has 1 saturated heterocycles. The lowest BCUT2D eigenvalue weighted by Gasteiger charge is -2.44. The molecule has 0 aromatic heterocycles. The van der Waals surface area contributed by atoms with Crippen molar-refractivity contribution in [2.45, 2.75) is 109 Å². The van der Waals surface area contributed by atoms with E-state index in [1.807, 2.05) is 52.0 Å². The van der Waals surface area contributed by atoms with Crippen molar-refractivity contribution in [2.75, 3.05) is 20.3 Å². The number of likely N-dealkylation sites (tertiary alicyclic amines) is 1. The molecule has 2 aliphatic rings. The summed E-state index contributed by atoms with van der Waals surface area (Å²) in [7, 11) is -1.54. The molecule has 1 heterocycles. The van der Waals surface area contributed by atoms with Gasteiger partial charge in [0.05, 0.1) is 25.4 Å². The van der Waals surface area contributed by atoms with Crippen LogP contribution in [0.3, 0.4) is 0 Å². The van der Waals surface area contributed by atoms with Gasteiger partial charge in [0, 0.05) is 6.54 Å². The minimum Gasteiger partial charge on any atom is -0.490 e. The minimum atomic E-state index is -2.90. The van der Waals surface area contributed by atoms with E-state index < -0.39 is 26.0 Å². The fraction of sp³-hybridized carbons (Fsp3) is 0.500. The average Bonchev–Trinajstić information content (AvgIpc) is 3.71. The zero-order chi connectivity index (χ0) is 35.4. The molecule has 2 atom stereocenters. The molecule has 8 nitrogen and oxygen atoms in total. The maximum Gasteiger partial charge on any atom is 0.410 e. The standard InChI is InChI=1S/C40H53NO7Si/c1-28-23-34(36(37(42)44-8)35(24-28)46-30-17-15-16-18-30)45-27-29-25-31(26-41(29)38(43)47-39(2,3)4)48-49(40(5,6)7,32-19-11-9-12-20-32)33-21-13-10-14-22-33/h9-14,19-24,29-31H,15-18,25-27H2,1-8H3/t29-,31+/m1/s1. The molecule has 0 N–H and O–H groups in total. The zero-order valence-corrected chi connectivity index (χ0v) is 31.4. The Labute approximate surface area is 293 Å². The van der Waals surface area contributed by atoms with Crippen molar-refractivity contribution < 1.29 is 33.0 Å². The maximum atomic E-state index is 13.8. The molecule has 3 aromatic carbocycles. The van der Waals surface area contributed by atoms with Gasteiger partial charge in [-0.1, -0.05) is 81.4 Å². The van der Waals surface area contributed by atoms with E-state index in [1.54, 1.807) is 4.90 Å². The summed E-state index contributed by atoms with van der Waals surface area (Å²) < 4.78 is 31.4. The Morgan fingerprint density at radius 2 is 1.41 bits per heavy atom. The number of hydrogen-bond donors (Lipinski definition) is 0. The molecule has 3 aromatic rings. The van der Waals surface area contributed by atoms with Crippen LogP contribution in [0.4, 0.5) is 4.79 Å². The van der Waals surface area contributed by atoms with E-state index >= 15 is 0 Å². The van der Waals surface area contributed by atoms with Gasteiger partial charge >= 0.3 is 12.1 Å². The van der Waals surface area contributed by atoms with Gasteiger partial charge in [-0.15, -0.1) is 0 Å². The topological polar surface area (TPSA) is 83.5 Å². The monoisotopic (exact) mass is 687 g/mol. The number of methoxy groups -OCH3 is 1. The first-order chi connectivity index (χ1) is 23.2. The molecular formula is C40H53NO7Si. The summed E-state index contributed by atoms with van der Waals surface area (Å²) in [6.07, 6.45) is 3.99. The van der Waals surface area contributed by atoms with E-state index in [1.165, 1.54) is 17.5 Å². The fourth-order valence-corrected chi connectivity index (χ4v) is 11.9. The summed E-state index contributed by atoms with van der Waals surface area (Å²) >= 11 is 0. The second kappa shape index (κ2) is 15.0. The second-order valence-electron chi connectivity index (χ2n) is 15.4. The second-order valence-corrected chi connectivity index (χ2v) is 19.6. The van der Waals surface area contributed by atoms with Gasteiger partial charge in [-0.2, -0.15) is 0 Å². The molecule has 0 radical (unpaired) electrons. The molecule has 1 saturated carbocycles. The highest BCUT2D eigenvalue weighted by Gasteiger charge is 2.53. The van der Waals surface area contributed by atoms with Gasteiger partial charge in [-0.05, 0) is 92.9 Å². The number of aryl methyl sites for hydroxylation is 1. The molecule has 1 aliphatic heterocycles. The van der Waals surface area contributed by atoms with Crippen molar-refractivity contribution in [1.82, 2.24) is 4.90 Å². The number of esters is 1. The zero-order valence-electron chi connectivity index (χ0n) is 30.4. The van der Waals surface area contributed by atoms with Crippen LogP contribution >= 0.6 is 0 Å². The van der Waals surface area contributed by atoms with Crippen LogP contribution in [-0.2, 0) is 13.9 Å². The quantitative estimate of drug-likeness (QED) is 0.162. The number of nitrogens with zero attached hydrogens (tertiary/aromatic N) is 1. The molecular weight excluding hydrogens is 635 g/mol. The first kappa shape index (κ1) is 36.5. The van der Waals surface area contributed by atoms with Gasteiger partial charge in [-0.25, -0.2) is 9.59 Å². The predicted molar refractivity (Wildman–Crippen MR) is 195 cm³/mol. The summed E-state index contributed by atoms with van der Waals surface area (Å²) in [4.78, 5) is 28.7. The van der Waals surface area contributed by atoms with Crippen LogP contribution in [0.15, 0.2) is 72.8 Å². The van der Waals surface area contributed by atoms with Crippen molar-refractivity contribution in [2.24, 2.45) is 0 Å². The first-order valence-electron chi connectivity index (χ1n) is 17.5. The summed E-state index contributed by atoms with van der Waals surface area (Å²) in [5.41, 5.74) is 0.487. The molecule has 1 aliphatic carbocycles. The Balaban J connectivity index is 1.48. The maximum absolute atomic E-state index is 13.8. The Morgan fingerprint density at radius 1 is 0.837 bits per heavy atom. The van der Waals surface area contributed by atoms with E-state index in [4.69, 9.17) is 23.4 Å². The largest absolute Gasteiger partial charge is 0.490 e. The molecule has 0 unspecified atom stereocenters. The Bertz CT molecular complexity index is 1540. The van der Waals surface area contributed by atoms with E-state index in [2.05, 4.69) is 69.3 Å². The normalized spacial score (nSPS) is 18.7. The Kier molecular flexibility index (Phi) is 11.1. The van der Waals surface area contributed by atoms with Gasteiger partial charge in [0.15, 0.2) is 0 Å². The predicted octanol–water partition coefficient (Wildman–Crippen LogP) is 7.44. The molecule has 1 amide bonds. The number of carbonyl (C=O) groups excluding carboxylic acids is 2. The van der Waals surface area contributed by atoms with Gasteiger partial charge in [0.1, 0.15) is 29.3 Å². The van der Waals surface area contributed by atoms with Crippen molar-refractivity contribution in [3.63, 3.8) is 0 Å². The third-order valence-electron chi connectivity index (χ3n) is 9.39. The van der Waals surface area contributed by atoms with Crippen LogP contribution in [0.5, 0.6) is 11.5 Å². The molecule has 0 bridgehead atoms. The summed E-state index contributed by atoms with van der Waals surface area (Å²) in [6.45, 7) is 14.8. The van der Waals surface area contributed by atoms with E-state index in [0.29, 0.717) is 24.5 Å². The third-order valence-corrected chi connectivity index (χ3v) is 14.5. The van der Waals surface area contributed by atoms with Crippen LogP contribution in [0.1, 0.15) is 89.6 Å². The van der Waals surface area contributed by atoms with E-state index in [-0.39, 0.29) is 35.5 Å². The van der Waals surface area contributed by atoms with Gasteiger partial charge < -0.3 is 23.4 Å². The van der Waals surface area contributed by atoms with Crippen molar-refractivity contribution in [3.8, 4) is 11.5 Å². The average molecular weight is 688 g/mol. The molecule has 5 rings (SSSR count). The molecule has 264 valence electrons. The first-order valence-corrected chi connectivity index (χ1v) is 19.4. The number of ether oxygens (including phenoxy) is 4. The number of carbonyl (C=O) groups is 2. The highest BCUT2D eigenvalue weighted by molar-refractivity contribution is 6.99. The third kappa shape index (κ3) is 8.32.